The molecule has 3 heteroatoms. The average Bonchev–Trinajstić information content (AvgIpc) is 2.62. The fourth-order valence-corrected chi connectivity index (χ4v) is 1.29. The zero-order valence-corrected chi connectivity index (χ0v) is 8.82. The van der Waals surface area contributed by atoms with Gasteiger partial charge in [0.1, 0.15) is 0 Å². The predicted octanol–water partition coefficient (Wildman–Crippen LogP) is 1.37. The standard InChI is InChI=1S/C11H17NO2/c1-4-11(13)12-6-5-10(7-12)8-14-9(2)3/h4-5,9H,1,6-8H2,2-3H3. The van der Waals surface area contributed by atoms with Gasteiger partial charge in [-0.15, -0.1) is 0 Å². The summed E-state index contributed by atoms with van der Waals surface area (Å²) in [6, 6.07) is 0. The van der Waals surface area contributed by atoms with Crippen molar-refractivity contribution in [3.63, 3.8) is 0 Å². The minimum atomic E-state index is -0.0132. The van der Waals surface area contributed by atoms with Crippen molar-refractivity contribution in [2.75, 3.05) is 19.7 Å². The van der Waals surface area contributed by atoms with Crippen LogP contribution in [0.2, 0.25) is 0 Å². The maximum atomic E-state index is 11.2. The Hall–Kier alpha value is -1.09. The van der Waals surface area contributed by atoms with Crippen LogP contribution in [-0.2, 0) is 9.53 Å². The second-order valence-electron chi connectivity index (χ2n) is 3.65. The third-order valence-corrected chi connectivity index (χ3v) is 2.08. The van der Waals surface area contributed by atoms with Crippen LogP contribution >= 0.6 is 0 Å². The fraction of sp³-hybridized carbons (Fsp3) is 0.545. The molecule has 0 bridgehead atoms. The second kappa shape index (κ2) is 4.96. The first-order valence-electron chi connectivity index (χ1n) is 4.84. The molecule has 0 atom stereocenters. The summed E-state index contributed by atoms with van der Waals surface area (Å²) in [5.41, 5.74) is 1.17. The van der Waals surface area contributed by atoms with Crippen LogP contribution in [0.15, 0.2) is 24.3 Å². The number of carbonyl (C=O) groups is 1. The van der Waals surface area contributed by atoms with Gasteiger partial charge in [-0.05, 0) is 25.5 Å². The van der Waals surface area contributed by atoms with E-state index >= 15 is 0 Å². The van der Waals surface area contributed by atoms with Crippen molar-refractivity contribution < 1.29 is 9.53 Å². The van der Waals surface area contributed by atoms with Crippen molar-refractivity contribution >= 4 is 5.91 Å². The van der Waals surface area contributed by atoms with Gasteiger partial charge in [0, 0.05) is 13.1 Å². The van der Waals surface area contributed by atoms with Gasteiger partial charge < -0.3 is 9.64 Å². The Balaban J connectivity index is 2.32. The van der Waals surface area contributed by atoms with Gasteiger partial charge in [-0.1, -0.05) is 12.7 Å². The van der Waals surface area contributed by atoms with Crippen LogP contribution in [-0.4, -0.2) is 36.6 Å². The maximum Gasteiger partial charge on any atom is 0.246 e. The van der Waals surface area contributed by atoms with Crippen molar-refractivity contribution in [3.05, 3.63) is 24.3 Å². The quantitative estimate of drug-likeness (QED) is 0.501. The Morgan fingerprint density at radius 2 is 2.50 bits per heavy atom. The molecule has 0 fully saturated rings. The third-order valence-electron chi connectivity index (χ3n) is 2.08. The Bertz CT molecular complexity index is 256. The Kier molecular flexibility index (Phi) is 3.89. The van der Waals surface area contributed by atoms with Crippen LogP contribution < -0.4 is 0 Å². The lowest BCUT2D eigenvalue weighted by atomic mass is 10.3. The van der Waals surface area contributed by atoms with E-state index < -0.39 is 0 Å². The lowest BCUT2D eigenvalue weighted by Crippen LogP contribution is -2.27. The molecule has 0 spiro atoms. The normalized spacial score (nSPS) is 15.9. The number of nitrogens with zero attached hydrogens (tertiary/aromatic N) is 1. The van der Waals surface area contributed by atoms with Crippen molar-refractivity contribution in [2.24, 2.45) is 0 Å². The lowest BCUT2D eigenvalue weighted by molar-refractivity contribution is -0.124. The summed E-state index contributed by atoms with van der Waals surface area (Å²) in [6.07, 6.45) is 3.63. The topological polar surface area (TPSA) is 29.5 Å². The zero-order valence-electron chi connectivity index (χ0n) is 8.82. The second-order valence-corrected chi connectivity index (χ2v) is 3.65. The Morgan fingerprint density at radius 1 is 1.79 bits per heavy atom. The van der Waals surface area contributed by atoms with Crippen LogP contribution in [0, 0.1) is 0 Å². The van der Waals surface area contributed by atoms with Crippen molar-refractivity contribution in [1.82, 2.24) is 4.90 Å². The molecule has 14 heavy (non-hydrogen) atoms. The highest BCUT2D eigenvalue weighted by molar-refractivity contribution is 5.87. The van der Waals surface area contributed by atoms with Crippen molar-refractivity contribution in [1.29, 1.82) is 0 Å². The van der Waals surface area contributed by atoms with E-state index in [9.17, 15) is 4.79 Å². The first kappa shape index (κ1) is 11.0. The van der Waals surface area contributed by atoms with E-state index in [0.29, 0.717) is 19.7 Å². The number of hydrogen-bond donors (Lipinski definition) is 0. The SMILES string of the molecule is C=CC(=O)N1CC=C(COC(C)C)C1. The van der Waals surface area contributed by atoms with E-state index in [0.717, 1.165) is 0 Å². The highest BCUT2D eigenvalue weighted by atomic mass is 16.5. The largest absolute Gasteiger partial charge is 0.374 e. The van der Waals surface area contributed by atoms with E-state index in [-0.39, 0.29) is 12.0 Å². The summed E-state index contributed by atoms with van der Waals surface area (Å²) in [6.45, 7) is 9.45. The first-order chi connectivity index (χ1) is 6.63. The van der Waals surface area contributed by atoms with Crippen LogP contribution in [0.4, 0.5) is 0 Å². The van der Waals surface area contributed by atoms with Gasteiger partial charge in [0.25, 0.3) is 0 Å². The molecule has 0 aliphatic carbocycles. The average molecular weight is 195 g/mol. The first-order valence-corrected chi connectivity index (χ1v) is 4.84. The smallest absolute Gasteiger partial charge is 0.246 e. The minimum absolute atomic E-state index is 0.0132. The van der Waals surface area contributed by atoms with Crippen LogP contribution in [0.1, 0.15) is 13.8 Å². The Morgan fingerprint density at radius 3 is 3.07 bits per heavy atom. The monoisotopic (exact) mass is 195 g/mol. The molecule has 1 aliphatic heterocycles. The van der Waals surface area contributed by atoms with Gasteiger partial charge in [0.2, 0.25) is 5.91 Å². The number of rotatable bonds is 4. The molecule has 0 unspecified atom stereocenters. The molecule has 78 valence electrons. The summed E-state index contributed by atoms with van der Waals surface area (Å²) >= 11 is 0. The molecule has 0 saturated carbocycles. The molecule has 3 nitrogen and oxygen atoms in total. The van der Waals surface area contributed by atoms with Gasteiger partial charge in [-0.25, -0.2) is 0 Å². The molecule has 0 saturated heterocycles. The van der Waals surface area contributed by atoms with E-state index in [2.05, 4.69) is 6.58 Å². The molecule has 0 aromatic carbocycles. The summed E-state index contributed by atoms with van der Waals surface area (Å²) in [7, 11) is 0. The van der Waals surface area contributed by atoms with Crippen LogP contribution in [0.5, 0.6) is 0 Å². The van der Waals surface area contributed by atoms with E-state index in [1.807, 2.05) is 19.9 Å². The molecule has 0 radical (unpaired) electrons. The molecule has 0 aromatic heterocycles. The van der Waals surface area contributed by atoms with E-state index in [1.54, 1.807) is 4.90 Å². The molecule has 1 heterocycles. The molecule has 1 amide bonds. The third kappa shape index (κ3) is 3.00. The number of hydrogen-bond acceptors (Lipinski definition) is 2. The number of ether oxygens (including phenoxy) is 1. The van der Waals surface area contributed by atoms with Gasteiger partial charge in [0.15, 0.2) is 0 Å². The number of amides is 1. The van der Waals surface area contributed by atoms with E-state index in [4.69, 9.17) is 4.74 Å². The maximum absolute atomic E-state index is 11.2. The highest BCUT2D eigenvalue weighted by Crippen LogP contribution is 2.10. The summed E-state index contributed by atoms with van der Waals surface area (Å²) in [5, 5.41) is 0. The zero-order chi connectivity index (χ0) is 10.6. The van der Waals surface area contributed by atoms with Gasteiger partial charge in [-0.2, -0.15) is 0 Å². The minimum Gasteiger partial charge on any atom is -0.374 e. The van der Waals surface area contributed by atoms with Gasteiger partial charge in [0.05, 0.1) is 12.7 Å². The molecular weight excluding hydrogens is 178 g/mol. The lowest BCUT2D eigenvalue weighted by Gasteiger charge is -2.14. The van der Waals surface area contributed by atoms with Crippen molar-refractivity contribution in [2.45, 2.75) is 20.0 Å². The van der Waals surface area contributed by atoms with Crippen LogP contribution in [0.25, 0.3) is 0 Å². The van der Waals surface area contributed by atoms with Crippen molar-refractivity contribution in [3.8, 4) is 0 Å². The molecule has 0 N–H and O–H groups in total. The number of carbonyl (C=O) groups excluding carboxylic acids is 1. The Labute approximate surface area is 85.0 Å². The molecule has 0 aromatic rings. The molecular formula is C11H17NO2. The van der Waals surface area contributed by atoms with Gasteiger partial charge >= 0.3 is 0 Å². The van der Waals surface area contributed by atoms with Gasteiger partial charge in [-0.3, -0.25) is 4.79 Å². The molecule has 1 rings (SSSR count). The van der Waals surface area contributed by atoms with Crippen LogP contribution in [0.3, 0.4) is 0 Å². The molecule has 1 aliphatic rings. The highest BCUT2D eigenvalue weighted by Gasteiger charge is 2.17. The fourth-order valence-electron chi connectivity index (χ4n) is 1.29. The predicted molar refractivity (Wildman–Crippen MR) is 55.9 cm³/mol. The summed E-state index contributed by atoms with van der Waals surface area (Å²) < 4.78 is 5.46. The van der Waals surface area contributed by atoms with E-state index in [1.165, 1.54) is 11.6 Å². The summed E-state index contributed by atoms with van der Waals surface area (Å²) in [4.78, 5) is 13.0. The summed E-state index contributed by atoms with van der Waals surface area (Å²) in [5.74, 6) is -0.0132.